The van der Waals surface area contributed by atoms with Gasteiger partial charge in [0.2, 0.25) is 5.43 Å². The number of nitrogens with two attached hydrogens (primary N) is 1. The lowest BCUT2D eigenvalue weighted by Crippen LogP contribution is -2.71. The van der Waals surface area contributed by atoms with Crippen LogP contribution in [0.25, 0.3) is 5.57 Å². The van der Waals surface area contributed by atoms with Crippen LogP contribution in [-0.4, -0.2) is 63.8 Å². The van der Waals surface area contributed by atoms with Crippen LogP contribution < -0.4 is 26.6 Å². The molecular weight excluding hydrogens is 659 g/mol. The van der Waals surface area contributed by atoms with Crippen molar-refractivity contribution in [3.63, 3.8) is 0 Å². The van der Waals surface area contributed by atoms with Crippen LogP contribution in [0.4, 0.5) is 5.13 Å². The number of esters is 1. The Balaban J connectivity index is 1.37. The normalized spacial score (nSPS) is 17.7. The van der Waals surface area contributed by atoms with Crippen molar-refractivity contribution in [3.8, 4) is 5.75 Å². The van der Waals surface area contributed by atoms with Crippen molar-refractivity contribution < 1.29 is 28.7 Å². The maximum absolute atomic E-state index is 14.3. The lowest BCUT2D eigenvalue weighted by molar-refractivity contribution is -0.154. The van der Waals surface area contributed by atoms with Crippen LogP contribution in [-0.2, 0) is 24.0 Å². The molecule has 2 aliphatic rings. The number of thioether (sulfide) groups is 1. The topological polar surface area (TPSA) is 180 Å². The van der Waals surface area contributed by atoms with Gasteiger partial charge in [-0.05, 0) is 25.0 Å². The van der Waals surface area contributed by atoms with E-state index in [9.17, 15) is 24.0 Å². The molecule has 3 aromatic carbocycles. The number of ether oxygens (including phenoxy) is 2. The minimum Gasteiger partial charge on any atom is -0.486 e. The summed E-state index contributed by atoms with van der Waals surface area (Å²) in [7, 11) is 1.26. The van der Waals surface area contributed by atoms with Crippen molar-refractivity contribution in [2.45, 2.75) is 37.5 Å². The molecule has 0 spiro atoms. The van der Waals surface area contributed by atoms with Gasteiger partial charge in [0.1, 0.15) is 29.9 Å². The number of fused-ring (bicyclic) bond motifs is 1. The fraction of sp³-hybridized carbons (Fsp3) is 0.242. The van der Waals surface area contributed by atoms with Crippen LogP contribution in [0.1, 0.15) is 42.3 Å². The number of hydrogen-bond acceptors (Lipinski definition) is 13. The number of nitrogens with one attached hydrogen (secondary N) is 1. The van der Waals surface area contributed by atoms with Crippen molar-refractivity contribution in [2.75, 3.05) is 18.6 Å². The summed E-state index contributed by atoms with van der Waals surface area (Å²) in [6, 6.07) is 17.0. The van der Waals surface area contributed by atoms with Gasteiger partial charge < -0.3 is 25.4 Å². The standard InChI is InChI=1S/C33H29N5O8S2/c1-16(2)45-28-21(25(39)26(28)40)19-14-47-31-23(36-29(41)22(37-44-3)20-15-48-33(34)35-20)30(42)38(31)24(19)32(43)46-27(17-10-6-4-7-11-17)18-12-8-5-9-13-18/h4-13,15-16,23,27,31H,14H2,1-3H3,(H2,34,35)(H,36,41)/t23?,31-/m0/s1. The number of carbonyl (C=O) groups excluding carboxylic acids is 3. The molecular formula is C33H29N5O8S2. The first-order valence-corrected chi connectivity index (χ1v) is 16.7. The second-order valence-corrected chi connectivity index (χ2v) is 13.0. The molecule has 3 heterocycles. The molecule has 1 unspecified atom stereocenters. The first kappa shape index (κ1) is 32.7. The molecule has 13 nitrogen and oxygen atoms in total. The second kappa shape index (κ2) is 13.4. The number of benzene rings is 2. The van der Waals surface area contributed by atoms with E-state index in [0.717, 1.165) is 11.3 Å². The second-order valence-electron chi connectivity index (χ2n) is 11.0. The Morgan fingerprint density at radius 3 is 2.23 bits per heavy atom. The zero-order valence-electron chi connectivity index (χ0n) is 25.9. The number of anilines is 1. The first-order valence-electron chi connectivity index (χ1n) is 14.7. The number of β-lactam (4-membered cyclic amide) rings is 1. The van der Waals surface area contributed by atoms with Gasteiger partial charge in [-0.1, -0.05) is 65.8 Å². The van der Waals surface area contributed by atoms with Gasteiger partial charge in [-0.15, -0.1) is 23.1 Å². The summed E-state index contributed by atoms with van der Waals surface area (Å²) in [4.78, 5) is 77.1. The Bertz CT molecular complexity index is 1980. The monoisotopic (exact) mass is 687 g/mol. The summed E-state index contributed by atoms with van der Waals surface area (Å²) >= 11 is 2.30. The minimum atomic E-state index is -1.08. The molecule has 2 atom stereocenters. The Morgan fingerprint density at radius 1 is 1.02 bits per heavy atom. The summed E-state index contributed by atoms with van der Waals surface area (Å²) in [5.74, 6) is -2.41. The van der Waals surface area contributed by atoms with Gasteiger partial charge in [0.25, 0.3) is 17.2 Å². The zero-order chi connectivity index (χ0) is 34.1. The van der Waals surface area contributed by atoms with E-state index in [2.05, 4.69) is 15.5 Å². The number of hydrogen-bond donors (Lipinski definition) is 2. The number of nitrogen functional groups attached to an aromatic ring is 1. The fourth-order valence-corrected chi connectivity index (χ4v) is 7.34. The van der Waals surface area contributed by atoms with Crippen molar-refractivity contribution in [2.24, 2.45) is 5.16 Å². The predicted octanol–water partition coefficient (Wildman–Crippen LogP) is 2.60. The largest absolute Gasteiger partial charge is 0.486 e. The lowest BCUT2D eigenvalue weighted by atomic mass is 9.95. The zero-order valence-corrected chi connectivity index (χ0v) is 27.5. The van der Waals surface area contributed by atoms with Gasteiger partial charge in [0.15, 0.2) is 22.7 Å². The predicted molar refractivity (Wildman–Crippen MR) is 180 cm³/mol. The Morgan fingerprint density at radius 2 is 1.67 bits per heavy atom. The number of nitrogens with zero attached hydrogens (tertiary/aromatic N) is 3. The third-order valence-corrected chi connectivity index (χ3v) is 9.52. The van der Waals surface area contributed by atoms with Crippen LogP contribution in [0.3, 0.4) is 0 Å². The van der Waals surface area contributed by atoms with Crippen LogP contribution >= 0.6 is 23.1 Å². The van der Waals surface area contributed by atoms with Crippen LogP contribution in [0.15, 0.2) is 86.5 Å². The van der Waals surface area contributed by atoms with E-state index < -0.39 is 52.3 Å². The van der Waals surface area contributed by atoms with Gasteiger partial charge in [0, 0.05) is 16.7 Å². The Labute approximate surface area is 282 Å². The van der Waals surface area contributed by atoms with Gasteiger partial charge in [0.05, 0.1) is 11.7 Å². The van der Waals surface area contributed by atoms with Crippen molar-refractivity contribution in [1.82, 2.24) is 15.2 Å². The molecule has 0 saturated carbocycles. The average molecular weight is 688 g/mol. The highest BCUT2D eigenvalue weighted by molar-refractivity contribution is 8.00. The van der Waals surface area contributed by atoms with Crippen LogP contribution in [0.5, 0.6) is 5.75 Å². The molecule has 1 saturated heterocycles. The smallest absolute Gasteiger partial charge is 0.356 e. The van der Waals surface area contributed by atoms with Crippen molar-refractivity contribution in [1.29, 1.82) is 0 Å². The molecule has 246 valence electrons. The summed E-state index contributed by atoms with van der Waals surface area (Å²) in [6.45, 7) is 3.40. The highest BCUT2D eigenvalue weighted by Gasteiger charge is 2.56. The van der Waals surface area contributed by atoms with E-state index in [-0.39, 0.29) is 44.9 Å². The highest BCUT2D eigenvalue weighted by Crippen LogP contribution is 2.45. The first-order chi connectivity index (χ1) is 23.1. The molecule has 15 heteroatoms. The SMILES string of the molecule is CON=C(C(=O)NC1C(=O)N2C(C(=O)OC(c3ccccc3)c3ccccc3)=C(c3c(OC(C)C)c(=O)c3=O)CS[C@@H]12)c1csc(N)n1. The molecule has 48 heavy (non-hydrogen) atoms. The molecule has 0 bridgehead atoms. The molecule has 2 aliphatic heterocycles. The van der Waals surface area contributed by atoms with E-state index >= 15 is 0 Å². The molecule has 6 rings (SSSR count). The number of thiazole rings is 1. The van der Waals surface area contributed by atoms with Crippen molar-refractivity contribution >= 4 is 57.3 Å². The molecule has 4 aromatic rings. The maximum atomic E-state index is 14.3. The van der Waals surface area contributed by atoms with Crippen LogP contribution in [0.2, 0.25) is 0 Å². The quantitative estimate of drug-likeness (QED) is 0.0778. The van der Waals surface area contributed by atoms with E-state index in [1.807, 2.05) is 36.4 Å². The summed E-state index contributed by atoms with van der Waals surface area (Å²) < 4.78 is 11.8. The molecule has 1 aromatic heterocycles. The molecule has 0 aliphatic carbocycles. The van der Waals surface area contributed by atoms with Gasteiger partial charge in [-0.25, -0.2) is 9.78 Å². The maximum Gasteiger partial charge on any atom is 0.356 e. The van der Waals surface area contributed by atoms with E-state index in [4.69, 9.17) is 20.0 Å². The number of rotatable bonds is 11. The summed E-state index contributed by atoms with van der Waals surface area (Å²) in [6.07, 6.45) is -1.31. The molecule has 3 N–H and O–H groups in total. The summed E-state index contributed by atoms with van der Waals surface area (Å²) in [5.41, 5.74) is 5.27. The third kappa shape index (κ3) is 5.97. The highest BCUT2D eigenvalue weighted by atomic mass is 32.2. The Kier molecular flexibility index (Phi) is 9.15. The van der Waals surface area contributed by atoms with Crippen molar-refractivity contribution in [3.05, 3.63) is 115 Å². The number of carbonyl (C=O) groups is 3. The molecule has 1 fully saturated rings. The van der Waals surface area contributed by atoms with E-state index in [0.29, 0.717) is 11.1 Å². The molecule has 2 amide bonds. The minimum absolute atomic E-state index is 0.0353. The van der Waals surface area contributed by atoms with E-state index in [1.54, 1.807) is 38.1 Å². The fourth-order valence-electron chi connectivity index (χ4n) is 5.44. The van der Waals surface area contributed by atoms with Crippen LogP contribution in [0, 0.1) is 0 Å². The number of aromatic nitrogens is 1. The third-order valence-electron chi connectivity index (χ3n) is 7.56. The van der Waals surface area contributed by atoms with Gasteiger partial charge in [-0.2, -0.15) is 0 Å². The van der Waals surface area contributed by atoms with Gasteiger partial charge >= 0.3 is 5.97 Å². The number of oxime groups is 1. The average Bonchev–Trinajstić information content (AvgIpc) is 3.53. The Hall–Kier alpha value is -5.28. The lowest BCUT2D eigenvalue weighted by Gasteiger charge is -2.49. The number of amides is 2. The molecule has 0 radical (unpaired) electrons. The summed E-state index contributed by atoms with van der Waals surface area (Å²) in [5, 5.41) is 7.41. The van der Waals surface area contributed by atoms with E-state index in [1.165, 1.54) is 29.2 Å². The van der Waals surface area contributed by atoms with Gasteiger partial charge in [-0.3, -0.25) is 24.1 Å².